The molecule has 2 rings (SSSR count). The lowest BCUT2D eigenvalue weighted by atomic mass is 10.2. The number of benzene rings is 1. The van der Waals surface area contributed by atoms with Crippen molar-refractivity contribution in [2.45, 2.75) is 39.9 Å². The summed E-state index contributed by atoms with van der Waals surface area (Å²) < 4.78 is 2.27. The summed E-state index contributed by atoms with van der Waals surface area (Å²) >= 11 is 0. The molecule has 2 aromatic rings. The molecule has 1 amide bonds. The molecular weight excluding hydrogens is 276 g/mol. The number of amides is 1. The summed E-state index contributed by atoms with van der Waals surface area (Å²) in [7, 11) is 3.62. The summed E-state index contributed by atoms with van der Waals surface area (Å²) in [5, 5.41) is 2.70. The van der Waals surface area contributed by atoms with Gasteiger partial charge in [-0.05, 0) is 32.0 Å². The quantitative estimate of drug-likeness (QED) is 0.890. The Balaban J connectivity index is 2.31. The van der Waals surface area contributed by atoms with Crippen LogP contribution in [0.15, 0.2) is 24.3 Å². The lowest BCUT2D eigenvalue weighted by Gasteiger charge is -2.23. The number of aromatic nitrogens is 2. The minimum atomic E-state index is -0.183. The van der Waals surface area contributed by atoms with E-state index in [-0.39, 0.29) is 11.9 Å². The van der Waals surface area contributed by atoms with Crippen LogP contribution in [-0.2, 0) is 17.9 Å². The zero-order valence-corrected chi connectivity index (χ0v) is 14.1. The van der Waals surface area contributed by atoms with Gasteiger partial charge in [-0.1, -0.05) is 26.0 Å². The van der Waals surface area contributed by atoms with Gasteiger partial charge in [0.1, 0.15) is 5.82 Å². The summed E-state index contributed by atoms with van der Waals surface area (Å²) in [6.07, 6.45) is 0. The second kappa shape index (κ2) is 6.92. The van der Waals surface area contributed by atoms with Gasteiger partial charge in [0.2, 0.25) is 5.91 Å². The van der Waals surface area contributed by atoms with Crippen molar-refractivity contribution < 1.29 is 4.79 Å². The van der Waals surface area contributed by atoms with E-state index >= 15 is 0 Å². The molecule has 0 saturated heterocycles. The Morgan fingerprint density at radius 3 is 2.64 bits per heavy atom. The van der Waals surface area contributed by atoms with Gasteiger partial charge in [0.25, 0.3) is 0 Å². The van der Waals surface area contributed by atoms with E-state index in [0.29, 0.717) is 12.5 Å². The van der Waals surface area contributed by atoms with Crippen LogP contribution in [0.5, 0.6) is 0 Å². The predicted octanol–water partition coefficient (Wildman–Crippen LogP) is 2.26. The van der Waals surface area contributed by atoms with E-state index in [4.69, 9.17) is 4.98 Å². The predicted molar refractivity (Wildman–Crippen MR) is 89.6 cm³/mol. The maximum absolute atomic E-state index is 11.8. The molecule has 1 unspecified atom stereocenters. The number of fused-ring (bicyclic) bond motifs is 1. The third-order valence-corrected chi connectivity index (χ3v) is 3.96. The smallest absolute Gasteiger partial charge is 0.236 e. The van der Waals surface area contributed by atoms with E-state index in [2.05, 4.69) is 29.8 Å². The molecule has 0 spiro atoms. The van der Waals surface area contributed by atoms with E-state index in [1.807, 2.05) is 37.1 Å². The van der Waals surface area contributed by atoms with Gasteiger partial charge in [0.05, 0.1) is 23.6 Å². The van der Waals surface area contributed by atoms with Gasteiger partial charge in [-0.3, -0.25) is 9.69 Å². The van der Waals surface area contributed by atoms with Crippen molar-refractivity contribution in [2.75, 3.05) is 14.1 Å². The molecule has 1 N–H and O–H groups in total. The maximum atomic E-state index is 11.8. The number of imidazole rings is 1. The molecule has 0 aliphatic carbocycles. The van der Waals surface area contributed by atoms with Crippen molar-refractivity contribution in [3.8, 4) is 0 Å². The number of nitrogens with zero attached hydrogens (tertiary/aromatic N) is 3. The molecule has 0 bridgehead atoms. The fraction of sp³-hybridized carbons (Fsp3) is 0.529. The van der Waals surface area contributed by atoms with Crippen LogP contribution in [0.4, 0.5) is 0 Å². The summed E-state index contributed by atoms with van der Waals surface area (Å²) in [5.41, 5.74) is 2.17. The van der Waals surface area contributed by atoms with Crippen molar-refractivity contribution in [1.29, 1.82) is 0 Å². The molecule has 0 aliphatic heterocycles. The normalized spacial score (nSPS) is 13.0. The molecule has 5 nitrogen and oxygen atoms in total. The molecule has 0 radical (unpaired) electrons. The third-order valence-electron chi connectivity index (χ3n) is 3.96. The average Bonchev–Trinajstić information content (AvgIpc) is 2.82. The second-order valence-corrected chi connectivity index (χ2v) is 6.23. The molecule has 0 fully saturated rings. The van der Waals surface area contributed by atoms with E-state index in [1.54, 1.807) is 7.05 Å². The van der Waals surface area contributed by atoms with Gasteiger partial charge in [0, 0.05) is 13.6 Å². The number of likely N-dealkylation sites (N-methyl/N-ethyl adjacent to an activating group) is 2. The molecule has 1 aromatic carbocycles. The standard InChI is InChI=1S/C17H26N4O/c1-12(2)10-21-15-9-7-6-8-14(15)19-16(21)11-20(5)13(3)17(22)18-4/h6-9,12-13H,10-11H2,1-5H3,(H,18,22). The van der Waals surface area contributed by atoms with Crippen LogP contribution in [0.2, 0.25) is 0 Å². The highest BCUT2D eigenvalue weighted by Gasteiger charge is 2.20. The largest absolute Gasteiger partial charge is 0.358 e. The zero-order valence-electron chi connectivity index (χ0n) is 14.1. The van der Waals surface area contributed by atoms with Gasteiger partial charge in [-0.25, -0.2) is 4.98 Å². The first-order valence-corrected chi connectivity index (χ1v) is 7.80. The summed E-state index contributed by atoms with van der Waals surface area (Å²) in [6.45, 7) is 7.90. The van der Waals surface area contributed by atoms with E-state index in [0.717, 1.165) is 23.4 Å². The first-order valence-electron chi connectivity index (χ1n) is 7.80. The van der Waals surface area contributed by atoms with Crippen molar-refractivity contribution in [3.05, 3.63) is 30.1 Å². The third kappa shape index (κ3) is 3.47. The SMILES string of the molecule is CNC(=O)C(C)N(C)Cc1nc2ccccc2n1CC(C)C. The van der Waals surface area contributed by atoms with Crippen LogP contribution in [0.25, 0.3) is 11.0 Å². The molecule has 1 aromatic heterocycles. The van der Waals surface area contributed by atoms with Crippen LogP contribution in [0.3, 0.4) is 0 Å². The fourth-order valence-electron chi connectivity index (χ4n) is 2.58. The number of carbonyl (C=O) groups excluding carboxylic acids is 1. The van der Waals surface area contributed by atoms with Crippen LogP contribution in [0, 0.1) is 5.92 Å². The number of hydrogen-bond donors (Lipinski definition) is 1. The Morgan fingerprint density at radius 1 is 1.32 bits per heavy atom. The molecule has 0 saturated carbocycles. The second-order valence-electron chi connectivity index (χ2n) is 6.23. The monoisotopic (exact) mass is 302 g/mol. The molecular formula is C17H26N4O. The Kier molecular flexibility index (Phi) is 5.19. The summed E-state index contributed by atoms with van der Waals surface area (Å²) in [4.78, 5) is 18.6. The lowest BCUT2D eigenvalue weighted by Crippen LogP contribution is -2.41. The molecule has 5 heteroatoms. The van der Waals surface area contributed by atoms with Gasteiger partial charge in [0.15, 0.2) is 0 Å². The van der Waals surface area contributed by atoms with E-state index < -0.39 is 0 Å². The molecule has 1 heterocycles. The Morgan fingerprint density at radius 2 is 2.00 bits per heavy atom. The Bertz CT molecular complexity index is 647. The van der Waals surface area contributed by atoms with Gasteiger partial charge in [-0.15, -0.1) is 0 Å². The van der Waals surface area contributed by atoms with Gasteiger partial charge in [-0.2, -0.15) is 0 Å². The highest BCUT2D eigenvalue weighted by atomic mass is 16.2. The van der Waals surface area contributed by atoms with Gasteiger partial charge >= 0.3 is 0 Å². The van der Waals surface area contributed by atoms with Crippen LogP contribution >= 0.6 is 0 Å². The minimum absolute atomic E-state index is 0.0222. The molecule has 1 atom stereocenters. The van der Waals surface area contributed by atoms with Crippen LogP contribution in [-0.4, -0.2) is 40.5 Å². The number of para-hydroxylation sites is 2. The van der Waals surface area contributed by atoms with Crippen molar-refractivity contribution in [3.63, 3.8) is 0 Å². The average molecular weight is 302 g/mol. The highest BCUT2D eigenvalue weighted by Crippen LogP contribution is 2.19. The maximum Gasteiger partial charge on any atom is 0.236 e. The number of carbonyl (C=O) groups is 1. The highest BCUT2D eigenvalue weighted by molar-refractivity contribution is 5.81. The lowest BCUT2D eigenvalue weighted by molar-refractivity contribution is -0.125. The zero-order chi connectivity index (χ0) is 16.3. The first kappa shape index (κ1) is 16.5. The molecule has 0 aliphatic rings. The molecule has 22 heavy (non-hydrogen) atoms. The van der Waals surface area contributed by atoms with Crippen LogP contribution < -0.4 is 5.32 Å². The first-order chi connectivity index (χ1) is 10.4. The number of nitrogens with one attached hydrogen (secondary N) is 1. The topological polar surface area (TPSA) is 50.2 Å². The number of rotatable bonds is 6. The fourth-order valence-corrected chi connectivity index (χ4v) is 2.58. The minimum Gasteiger partial charge on any atom is -0.358 e. The van der Waals surface area contributed by atoms with E-state index in [9.17, 15) is 4.79 Å². The summed E-state index contributed by atoms with van der Waals surface area (Å²) in [5.74, 6) is 1.57. The molecule has 120 valence electrons. The summed E-state index contributed by atoms with van der Waals surface area (Å²) in [6, 6.07) is 8.02. The van der Waals surface area contributed by atoms with Gasteiger partial charge < -0.3 is 9.88 Å². The Hall–Kier alpha value is -1.88. The van der Waals surface area contributed by atoms with E-state index in [1.165, 1.54) is 0 Å². The van der Waals surface area contributed by atoms with Crippen LogP contribution in [0.1, 0.15) is 26.6 Å². The Labute approximate surface area is 132 Å². The van der Waals surface area contributed by atoms with Crippen molar-refractivity contribution >= 4 is 16.9 Å². The number of hydrogen-bond acceptors (Lipinski definition) is 3. The van der Waals surface area contributed by atoms with Crippen molar-refractivity contribution in [1.82, 2.24) is 19.8 Å². The van der Waals surface area contributed by atoms with Crippen molar-refractivity contribution in [2.24, 2.45) is 5.92 Å².